The molecule has 1 rings (SSSR count). The van der Waals surface area contributed by atoms with Crippen LogP contribution in [0.3, 0.4) is 0 Å². The minimum atomic E-state index is -0.386. The highest BCUT2D eigenvalue weighted by molar-refractivity contribution is 7.09. The van der Waals surface area contributed by atoms with E-state index in [1.54, 1.807) is 11.3 Å². The van der Waals surface area contributed by atoms with Gasteiger partial charge in [0.05, 0.1) is 12.6 Å². The van der Waals surface area contributed by atoms with Gasteiger partial charge in [-0.25, -0.2) is 0 Å². The first kappa shape index (κ1) is 16.9. The number of amides is 1. The lowest BCUT2D eigenvalue weighted by atomic mass is 10.0. The zero-order chi connectivity index (χ0) is 15.1. The Morgan fingerprint density at radius 1 is 1.40 bits per heavy atom. The SMILES string of the molecule is CCN(CC(=O)NC(C(C)=O)C(C)C)Cc1cccs1. The normalized spacial score (nSPS) is 12.7. The third-order valence-electron chi connectivity index (χ3n) is 3.20. The molecule has 1 N–H and O–H groups in total. The molecule has 0 aliphatic heterocycles. The van der Waals surface area contributed by atoms with Crippen LogP contribution in [0.1, 0.15) is 32.6 Å². The summed E-state index contributed by atoms with van der Waals surface area (Å²) in [6, 6.07) is 3.69. The van der Waals surface area contributed by atoms with Crippen LogP contribution in [0, 0.1) is 5.92 Å². The first-order chi connectivity index (χ1) is 9.43. The molecule has 0 saturated carbocycles. The zero-order valence-corrected chi connectivity index (χ0v) is 13.5. The van der Waals surface area contributed by atoms with E-state index in [-0.39, 0.29) is 23.7 Å². The molecule has 0 radical (unpaired) electrons. The molecule has 0 spiro atoms. The van der Waals surface area contributed by atoms with Gasteiger partial charge in [-0.2, -0.15) is 0 Å². The quantitative estimate of drug-likeness (QED) is 0.801. The van der Waals surface area contributed by atoms with E-state index in [1.165, 1.54) is 11.8 Å². The number of hydrogen-bond donors (Lipinski definition) is 1. The fourth-order valence-electron chi connectivity index (χ4n) is 2.06. The standard InChI is InChI=1S/C15H24N2O2S/c1-5-17(9-13-7-6-8-20-13)10-14(19)16-15(11(2)3)12(4)18/h6-8,11,15H,5,9-10H2,1-4H3,(H,16,19). The highest BCUT2D eigenvalue weighted by Crippen LogP contribution is 2.11. The number of nitrogens with zero attached hydrogens (tertiary/aromatic N) is 1. The maximum absolute atomic E-state index is 12.1. The zero-order valence-electron chi connectivity index (χ0n) is 12.7. The van der Waals surface area contributed by atoms with Crippen LogP contribution in [-0.2, 0) is 16.1 Å². The van der Waals surface area contributed by atoms with Gasteiger partial charge >= 0.3 is 0 Å². The molecule has 0 aromatic carbocycles. The highest BCUT2D eigenvalue weighted by Gasteiger charge is 2.21. The van der Waals surface area contributed by atoms with Crippen molar-refractivity contribution in [3.8, 4) is 0 Å². The van der Waals surface area contributed by atoms with Crippen molar-refractivity contribution in [1.29, 1.82) is 0 Å². The first-order valence-corrected chi connectivity index (χ1v) is 7.86. The molecule has 5 heteroatoms. The van der Waals surface area contributed by atoms with E-state index in [4.69, 9.17) is 0 Å². The Bertz CT molecular complexity index is 429. The molecule has 1 atom stereocenters. The third kappa shape index (κ3) is 5.43. The number of thiophene rings is 1. The molecule has 112 valence electrons. The van der Waals surface area contributed by atoms with Gasteiger partial charge in [0.1, 0.15) is 0 Å². The van der Waals surface area contributed by atoms with Crippen molar-refractivity contribution in [2.75, 3.05) is 13.1 Å². The second kappa shape index (κ2) is 8.17. The lowest BCUT2D eigenvalue weighted by molar-refractivity contribution is -0.128. The maximum atomic E-state index is 12.1. The Morgan fingerprint density at radius 3 is 2.55 bits per heavy atom. The molecule has 1 aromatic rings. The van der Waals surface area contributed by atoms with Crippen LogP contribution in [0.2, 0.25) is 0 Å². The van der Waals surface area contributed by atoms with Gasteiger partial charge in [0.2, 0.25) is 5.91 Å². The topological polar surface area (TPSA) is 49.4 Å². The fourth-order valence-corrected chi connectivity index (χ4v) is 2.81. The van der Waals surface area contributed by atoms with Gasteiger partial charge in [-0.1, -0.05) is 26.8 Å². The van der Waals surface area contributed by atoms with E-state index in [9.17, 15) is 9.59 Å². The van der Waals surface area contributed by atoms with E-state index in [2.05, 4.69) is 16.3 Å². The maximum Gasteiger partial charge on any atom is 0.234 e. The van der Waals surface area contributed by atoms with Crippen LogP contribution in [0.4, 0.5) is 0 Å². The summed E-state index contributed by atoms with van der Waals surface area (Å²) in [5, 5.41) is 4.87. The van der Waals surface area contributed by atoms with Crippen molar-refractivity contribution in [1.82, 2.24) is 10.2 Å². The van der Waals surface area contributed by atoms with E-state index < -0.39 is 0 Å². The van der Waals surface area contributed by atoms with Crippen LogP contribution < -0.4 is 5.32 Å². The number of Topliss-reactive ketones (excluding diaryl/α,β-unsaturated/α-hetero) is 1. The lowest BCUT2D eigenvalue weighted by Gasteiger charge is -2.23. The molecular formula is C15H24N2O2S. The Labute approximate surface area is 125 Å². The molecule has 0 aliphatic carbocycles. The van der Waals surface area contributed by atoms with Gasteiger partial charge in [-0.15, -0.1) is 11.3 Å². The number of hydrogen-bond acceptors (Lipinski definition) is 4. The van der Waals surface area contributed by atoms with E-state index in [0.717, 1.165) is 13.1 Å². The third-order valence-corrected chi connectivity index (χ3v) is 4.06. The summed E-state index contributed by atoms with van der Waals surface area (Å²) in [6.07, 6.45) is 0. The largest absolute Gasteiger partial charge is 0.345 e. The van der Waals surface area contributed by atoms with Crippen molar-refractivity contribution in [3.05, 3.63) is 22.4 Å². The second-order valence-electron chi connectivity index (χ2n) is 5.28. The molecule has 1 heterocycles. The van der Waals surface area contributed by atoms with Crippen molar-refractivity contribution in [3.63, 3.8) is 0 Å². The van der Waals surface area contributed by atoms with Crippen LogP contribution in [0.25, 0.3) is 0 Å². The molecule has 0 saturated heterocycles. The van der Waals surface area contributed by atoms with Gasteiger partial charge in [0, 0.05) is 11.4 Å². The molecular weight excluding hydrogens is 272 g/mol. The lowest BCUT2D eigenvalue weighted by Crippen LogP contribution is -2.47. The van der Waals surface area contributed by atoms with Crippen molar-refractivity contribution >= 4 is 23.0 Å². The van der Waals surface area contributed by atoms with Crippen LogP contribution in [0.15, 0.2) is 17.5 Å². The van der Waals surface area contributed by atoms with Crippen molar-refractivity contribution in [2.24, 2.45) is 5.92 Å². The molecule has 4 nitrogen and oxygen atoms in total. The van der Waals surface area contributed by atoms with Gasteiger partial charge in [-0.3, -0.25) is 14.5 Å². The number of carbonyl (C=O) groups excluding carboxylic acids is 2. The van der Waals surface area contributed by atoms with E-state index in [0.29, 0.717) is 6.54 Å². The van der Waals surface area contributed by atoms with Crippen LogP contribution in [-0.4, -0.2) is 35.7 Å². The van der Waals surface area contributed by atoms with Gasteiger partial charge in [0.15, 0.2) is 5.78 Å². The molecule has 1 aromatic heterocycles. The molecule has 1 unspecified atom stereocenters. The number of nitrogens with one attached hydrogen (secondary N) is 1. The molecule has 0 aliphatic rings. The summed E-state index contributed by atoms with van der Waals surface area (Å²) >= 11 is 1.69. The van der Waals surface area contributed by atoms with Gasteiger partial charge in [0.25, 0.3) is 0 Å². The number of likely N-dealkylation sites (N-methyl/N-ethyl adjacent to an activating group) is 1. The van der Waals surface area contributed by atoms with Crippen LogP contribution in [0.5, 0.6) is 0 Å². The smallest absolute Gasteiger partial charge is 0.234 e. The van der Waals surface area contributed by atoms with Gasteiger partial charge in [-0.05, 0) is 30.8 Å². The Kier molecular flexibility index (Phi) is 6.88. The molecule has 0 bridgehead atoms. The minimum absolute atomic E-state index is 0.00894. The Balaban J connectivity index is 2.52. The minimum Gasteiger partial charge on any atom is -0.345 e. The molecule has 0 fully saturated rings. The summed E-state index contributed by atoms with van der Waals surface area (Å²) in [4.78, 5) is 26.9. The molecule has 20 heavy (non-hydrogen) atoms. The summed E-state index contributed by atoms with van der Waals surface area (Å²) in [5.41, 5.74) is 0. The average Bonchev–Trinajstić information content (AvgIpc) is 2.87. The van der Waals surface area contributed by atoms with Crippen LogP contribution >= 0.6 is 11.3 Å². The van der Waals surface area contributed by atoms with Gasteiger partial charge < -0.3 is 5.32 Å². The summed E-state index contributed by atoms with van der Waals surface area (Å²) in [7, 11) is 0. The summed E-state index contributed by atoms with van der Waals surface area (Å²) in [5.74, 6) is 0.0378. The fraction of sp³-hybridized carbons (Fsp3) is 0.600. The first-order valence-electron chi connectivity index (χ1n) is 6.98. The predicted octanol–water partition coefficient (Wildman–Crippen LogP) is 2.30. The highest BCUT2D eigenvalue weighted by atomic mass is 32.1. The number of carbonyl (C=O) groups is 2. The molecule has 1 amide bonds. The van der Waals surface area contributed by atoms with E-state index in [1.807, 2.05) is 32.2 Å². The van der Waals surface area contributed by atoms with Crippen molar-refractivity contribution in [2.45, 2.75) is 40.3 Å². The monoisotopic (exact) mass is 296 g/mol. The Hall–Kier alpha value is -1.20. The number of rotatable bonds is 8. The van der Waals surface area contributed by atoms with Crippen molar-refractivity contribution < 1.29 is 9.59 Å². The predicted molar refractivity (Wildman–Crippen MR) is 82.7 cm³/mol. The van der Waals surface area contributed by atoms with E-state index >= 15 is 0 Å². The summed E-state index contributed by atoms with van der Waals surface area (Å²) < 4.78 is 0. The summed E-state index contributed by atoms with van der Waals surface area (Å²) in [6.45, 7) is 9.34. The second-order valence-corrected chi connectivity index (χ2v) is 6.31. The number of ketones is 1. The average molecular weight is 296 g/mol. The Morgan fingerprint density at radius 2 is 2.10 bits per heavy atom.